The molecule has 0 aliphatic heterocycles. The maximum absolute atomic E-state index is 12.7. The first-order chi connectivity index (χ1) is 13.1. The Morgan fingerprint density at radius 1 is 1.22 bits per heavy atom. The van der Waals surface area contributed by atoms with Crippen molar-refractivity contribution in [1.82, 2.24) is 9.88 Å². The number of rotatable bonds is 9. The Bertz CT molecular complexity index is 775. The molecule has 1 amide bonds. The SMILES string of the molecule is CCOC(=O)CCN(Cc1cccnc1)C(=O)/C=C/c1cccc(OC)c1. The van der Waals surface area contributed by atoms with E-state index in [0.29, 0.717) is 13.2 Å². The van der Waals surface area contributed by atoms with Crippen LogP contribution < -0.4 is 4.74 Å². The molecule has 0 spiro atoms. The largest absolute Gasteiger partial charge is 0.497 e. The number of benzene rings is 1. The van der Waals surface area contributed by atoms with Gasteiger partial charge >= 0.3 is 5.97 Å². The number of pyridine rings is 1. The van der Waals surface area contributed by atoms with Crippen molar-refractivity contribution >= 4 is 18.0 Å². The summed E-state index contributed by atoms with van der Waals surface area (Å²) in [5.41, 5.74) is 1.75. The van der Waals surface area contributed by atoms with Gasteiger partial charge in [-0.3, -0.25) is 14.6 Å². The second-order valence-corrected chi connectivity index (χ2v) is 5.79. The monoisotopic (exact) mass is 368 g/mol. The summed E-state index contributed by atoms with van der Waals surface area (Å²) in [5.74, 6) is 0.211. The van der Waals surface area contributed by atoms with Gasteiger partial charge in [0.05, 0.1) is 20.1 Å². The molecule has 0 N–H and O–H groups in total. The molecule has 0 aliphatic rings. The Balaban J connectivity index is 2.08. The maximum atomic E-state index is 12.7. The van der Waals surface area contributed by atoms with E-state index in [0.717, 1.165) is 16.9 Å². The summed E-state index contributed by atoms with van der Waals surface area (Å²) < 4.78 is 10.1. The quantitative estimate of drug-likeness (QED) is 0.503. The van der Waals surface area contributed by atoms with Crippen molar-refractivity contribution in [2.75, 3.05) is 20.3 Å². The summed E-state index contributed by atoms with van der Waals surface area (Å²) in [5, 5.41) is 0. The summed E-state index contributed by atoms with van der Waals surface area (Å²) in [6.45, 7) is 2.72. The highest BCUT2D eigenvalue weighted by molar-refractivity contribution is 5.92. The predicted octanol–water partition coefficient (Wildman–Crippen LogP) is 3.09. The van der Waals surface area contributed by atoms with Crippen LogP contribution in [0.15, 0.2) is 54.9 Å². The molecule has 1 heterocycles. The minimum absolute atomic E-state index is 0.146. The van der Waals surface area contributed by atoms with Crippen LogP contribution in [0.5, 0.6) is 5.75 Å². The molecule has 2 rings (SSSR count). The van der Waals surface area contributed by atoms with Crippen LogP contribution in [0.4, 0.5) is 0 Å². The zero-order valence-electron chi connectivity index (χ0n) is 15.6. The zero-order valence-corrected chi connectivity index (χ0v) is 15.6. The smallest absolute Gasteiger partial charge is 0.307 e. The highest BCUT2D eigenvalue weighted by atomic mass is 16.5. The molecule has 0 atom stereocenters. The van der Waals surface area contributed by atoms with E-state index in [4.69, 9.17) is 9.47 Å². The van der Waals surface area contributed by atoms with Gasteiger partial charge in [0.2, 0.25) is 5.91 Å². The molecule has 0 radical (unpaired) electrons. The molecule has 0 saturated heterocycles. The van der Waals surface area contributed by atoms with Crippen LogP contribution in [0.1, 0.15) is 24.5 Å². The van der Waals surface area contributed by atoms with Gasteiger partial charge in [-0.2, -0.15) is 0 Å². The van der Waals surface area contributed by atoms with E-state index in [2.05, 4.69) is 4.98 Å². The summed E-state index contributed by atoms with van der Waals surface area (Å²) in [6, 6.07) is 11.1. The second kappa shape index (κ2) is 10.8. The van der Waals surface area contributed by atoms with Crippen molar-refractivity contribution in [3.05, 3.63) is 66.0 Å². The van der Waals surface area contributed by atoms with E-state index in [-0.39, 0.29) is 24.8 Å². The molecule has 142 valence electrons. The number of hydrogen-bond acceptors (Lipinski definition) is 5. The molecule has 0 bridgehead atoms. The van der Waals surface area contributed by atoms with Gasteiger partial charge in [-0.15, -0.1) is 0 Å². The summed E-state index contributed by atoms with van der Waals surface area (Å²) in [7, 11) is 1.60. The van der Waals surface area contributed by atoms with Crippen LogP contribution in [0.25, 0.3) is 6.08 Å². The molecule has 0 unspecified atom stereocenters. The van der Waals surface area contributed by atoms with Gasteiger partial charge in [0.25, 0.3) is 0 Å². The van der Waals surface area contributed by atoms with Gasteiger partial charge in [0.1, 0.15) is 5.75 Å². The Morgan fingerprint density at radius 2 is 2.07 bits per heavy atom. The van der Waals surface area contributed by atoms with Crippen LogP contribution in [-0.4, -0.2) is 42.0 Å². The number of carbonyl (C=O) groups excluding carboxylic acids is 2. The first kappa shape index (κ1) is 20.2. The molecule has 6 nitrogen and oxygen atoms in total. The van der Waals surface area contributed by atoms with Crippen LogP contribution in [0, 0.1) is 0 Å². The van der Waals surface area contributed by atoms with Crippen molar-refractivity contribution in [3.63, 3.8) is 0 Å². The fourth-order valence-corrected chi connectivity index (χ4v) is 2.46. The van der Waals surface area contributed by atoms with E-state index in [1.807, 2.05) is 36.4 Å². The molecule has 1 aromatic heterocycles. The lowest BCUT2D eigenvalue weighted by Crippen LogP contribution is -2.31. The Hall–Kier alpha value is -3.15. The lowest BCUT2D eigenvalue weighted by atomic mass is 10.2. The van der Waals surface area contributed by atoms with Crippen molar-refractivity contribution in [1.29, 1.82) is 0 Å². The van der Waals surface area contributed by atoms with Gasteiger partial charge in [-0.05, 0) is 42.3 Å². The Labute approximate surface area is 159 Å². The van der Waals surface area contributed by atoms with E-state index >= 15 is 0 Å². The standard InChI is InChI=1S/C21H24N2O4/c1-3-27-21(25)11-13-23(16-18-7-5-12-22-15-18)20(24)10-9-17-6-4-8-19(14-17)26-2/h4-10,12,14-15H,3,11,13,16H2,1-2H3/b10-9+. The van der Waals surface area contributed by atoms with Crippen LogP contribution >= 0.6 is 0 Å². The van der Waals surface area contributed by atoms with Gasteiger partial charge in [-0.25, -0.2) is 0 Å². The van der Waals surface area contributed by atoms with E-state index in [1.54, 1.807) is 37.4 Å². The zero-order chi connectivity index (χ0) is 19.5. The van der Waals surface area contributed by atoms with Gasteiger partial charge in [0.15, 0.2) is 0 Å². The van der Waals surface area contributed by atoms with E-state index in [9.17, 15) is 9.59 Å². The second-order valence-electron chi connectivity index (χ2n) is 5.79. The molecule has 0 fully saturated rings. The van der Waals surface area contributed by atoms with E-state index in [1.165, 1.54) is 6.08 Å². The topological polar surface area (TPSA) is 68.7 Å². The summed E-state index contributed by atoms with van der Waals surface area (Å²) >= 11 is 0. The number of nitrogens with zero attached hydrogens (tertiary/aromatic N) is 2. The van der Waals surface area contributed by atoms with Crippen molar-refractivity contribution < 1.29 is 19.1 Å². The number of amides is 1. The van der Waals surface area contributed by atoms with Gasteiger partial charge < -0.3 is 14.4 Å². The van der Waals surface area contributed by atoms with Gasteiger partial charge in [0, 0.05) is 31.6 Å². The number of ether oxygens (including phenoxy) is 2. The minimum Gasteiger partial charge on any atom is -0.497 e. The summed E-state index contributed by atoms with van der Waals surface area (Å²) in [6.07, 6.45) is 6.75. The lowest BCUT2D eigenvalue weighted by molar-refractivity contribution is -0.143. The normalized spacial score (nSPS) is 10.6. The third-order valence-corrected chi connectivity index (χ3v) is 3.81. The first-order valence-corrected chi connectivity index (χ1v) is 8.78. The van der Waals surface area contributed by atoms with Crippen molar-refractivity contribution in [2.24, 2.45) is 0 Å². The molecular formula is C21H24N2O4. The lowest BCUT2D eigenvalue weighted by Gasteiger charge is -2.21. The minimum atomic E-state index is -0.321. The average molecular weight is 368 g/mol. The Kier molecular flexibility index (Phi) is 8.03. The molecule has 0 saturated carbocycles. The molecule has 1 aromatic carbocycles. The molecule has 2 aromatic rings. The third kappa shape index (κ3) is 6.93. The number of methoxy groups -OCH3 is 1. The summed E-state index contributed by atoms with van der Waals surface area (Å²) in [4.78, 5) is 30.0. The van der Waals surface area contributed by atoms with E-state index < -0.39 is 0 Å². The van der Waals surface area contributed by atoms with Crippen molar-refractivity contribution in [2.45, 2.75) is 19.9 Å². The van der Waals surface area contributed by atoms with Crippen LogP contribution in [0.3, 0.4) is 0 Å². The molecular weight excluding hydrogens is 344 g/mol. The van der Waals surface area contributed by atoms with Gasteiger partial charge in [-0.1, -0.05) is 18.2 Å². The number of esters is 1. The third-order valence-electron chi connectivity index (χ3n) is 3.81. The number of carbonyl (C=O) groups is 2. The fourth-order valence-electron chi connectivity index (χ4n) is 2.46. The predicted molar refractivity (Wildman–Crippen MR) is 103 cm³/mol. The van der Waals surface area contributed by atoms with Crippen LogP contribution in [-0.2, 0) is 20.9 Å². The number of hydrogen-bond donors (Lipinski definition) is 0. The van der Waals surface area contributed by atoms with Crippen molar-refractivity contribution in [3.8, 4) is 5.75 Å². The highest BCUT2D eigenvalue weighted by Crippen LogP contribution is 2.14. The molecule has 6 heteroatoms. The fraction of sp³-hybridized carbons (Fsp3) is 0.286. The Morgan fingerprint density at radius 3 is 2.78 bits per heavy atom. The highest BCUT2D eigenvalue weighted by Gasteiger charge is 2.14. The average Bonchev–Trinajstić information content (AvgIpc) is 2.70. The number of aromatic nitrogens is 1. The molecule has 0 aliphatic carbocycles. The first-order valence-electron chi connectivity index (χ1n) is 8.78. The van der Waals surface area contributed by atoms with Crippen LogP contribution in [0.2, 0.25) is 0 Å². The maximum Gasteiger partial charge on any atom is 0.307 e. The molecule has 27 heavy (non-hydrogen) atoms.